The van der Waals surface area contributed by atoms with Gasteiger partial charge in [0.25, 0.3) is 5.91 Å². The molecule has 2 fully saturated rings. The van der Waals surface area contributed by atoms with E-state index in [4.69, 9.17) is 22.1 Å². The first kappa shape index (κ1) is 26.8. The maximum atomic E-state index is 15.5. The fourth-order valence-electron chi connectivity index (χ4n) is 4.96. The quantitative estimate of drug-likeness (QED) is 0.237. The Hall–Kier alpha value is -4.78. The van der Waals surface area contributed by atoms with Gasteiger partial charge < -0.3 is 15.4 Å². The fourth-order valence-corrected chi connectivity index (χ4v) is 4.96. The maximum Gasteiger partial charge on any atom is 0.252 e. The van der Waals surface area contributed by atoms with Crippen LogP contribution in [0.5, 0.6) is 11.5 Å². The minimum atomic E-state index is -0.523. The lowest BCUT2D eigenvalue weighted by atomic mass is 10.1. The van der Waals surface area contributed by atoms with E-state index in [9.17, 15) is 4.79 Å². The van der Waals surface area contributed by atoms with Crippen LogP contribution in [0.1, 0.15) is 39.2 Å². The molecule has 1 aliphatic carbocycles. The van der Waals surface area contributed by atoms with Crippen molar-refractivity contribution in [2.24, 2.45) is 5.92 Å². The lowest BCUT2D eigenvalue weighted by Gasteiger charge is -2.33. The summed E-state index contributed by atoms with van der Waals surface area (Å²) in [5.41, 5.74) is 7.46. The van der Waals surface area contributed by atoms with Gasteiger partial charge in [0.2, 0.25) is 5.70 Å². The van der Waals surface area contributed by atoms with Crippen molar-refractivity contribution in [2.45, 2.75) is 39.2 Å². The number of ether oxygens (including phenoxy) is 1. The predicted octanol–water partition coefficient (Wildman–Crippen LogP) is 6.02. The molecule has 2 aromatic carbocycles. The maximum absolute atomic E-state index is 15.5. The monoisotopic (exact) mass is 539 g/mol. The number of amides is 1. The molecule has 10 heteroatoms. The number of nitrogens with zero attached hydrogens (tertiary/aromatic N) is 6. The molecule has 1 saturated carbocycles. The lowest BCUT2D eigenvalue weighted by Crippen LogP contribution is -2.41. The highest BCUT2D eigenvalue weighted by Crippen LogP contribution is 2.37. The molecule has 9 nitrogen and oxygen atoms in total. The first-order valence-electron chi connectivity index (χ1n) is 12.9. The topological polar surface area (TPSA) is 104 Å². The number of anilines is 1. The van der Waals surface area contributed by atoms with Gasteiger partial charge in [-0.15, -0.1) is 0 Å². The number of allylic oxidation sites excluding steroid dienone is 1. The molecule has 2 N–H and O–H groups in total. The van der Waals surface area contributed by atoms with Crippen LogP contribution in [0.15, 0.2) is 66.6 Å². The highest BCUT2D eigenvalue weighted by Gasteiger charge is 2.31. The Morgan fingerprint density at radius 1 is 1.12 bits per heavy atom. The molecule has 1 saturated heterocycles. The molecule has 204 valence electrons. The molecule has 2 aromatic heterocycles. The summed E-state index contributed by atoms with van der Waals surface area (Å²) in [7, 11) is 0. The van der Waals surface area contributed by atoms with Gasteiger partial charge in [-0.3, -0.25) is 4.79 Å². The number of halogens is 1. The van der Waals surface area contributed by atoms with Crippen molar-refractivity contribution in [3.05, 3.63) is 83.9 Å². The number of hydrogen-bond donors (Lipinski definition) is 1. The molecule has 40 heavy (non-hydrogen) atoms. The minimum Gasteiger partial charge on any atom is -0.457 e. The Kier molecular flexibility index (Phi) is 7.47. The van der Waals surface area contributed by atoms with E-state index in [2.05, 4.69) is 14.8 Å². The summed E-state index contributed by atoms with van der Waals surface area (Å²) in [6.45, 7) is 8.42. The SMILES string of the molecule is C.[C-]#[N+]C(=CC1CC1)C(=O)N1CCC[C@@H](n2nc(-c3ccc(Oc4ccccc4)cc3F)c3c(N)ncnc32)C1. The summed E-state index contributed by atoms with van der Waals surface area (Å²) >= 11 is 0. The smallest absolute Gasteiger partial charge is 0.252 e. The number of benzene rings is 2. The van der Waals surface area contributed by atoms with Gasteiger partial charge in [-0.1, -0.05) is 31.7 Å². The second kappa shape index (κ2) is 11.1. The van der Waals surface area contributed by atoms with Crippen LogP contribution in [0.2, 0.25) is 0 Å². The Morgan fingerprint density at radius 2 is 1.93 bits per heavy atom. The number of hydrogen-bond acceptors (Lipinski definition) is 6. The third-order valence-electron chi connectivity index (χ3n) is 7.08. The highest BCUT2D eigenvalue weighted by molar-refractivity contribution is 5.98. The number of para-hydroxylation sites is 1. The van der Waals surface area contributed by atoms with E-state index in [0.717, 1.165) is 25.7 Å². The minimum absolute atomic E-state index is 0. The number of nitrogen functional groups attached to an aromatic ring is 1. The zero-order chi connectivity index (χ0) is 26.9. The van der Waals surface area contributed by atoms with Crippen LogP contribution in [-0.2, 0) is 4.79 Å². The van der Waals surface area contributed by atoms with Crippen LogP contribution in [0.25, 0.3) is 27.1 Å². The number of nitrogens with two attached hydrogens (primary N) is 1. The summed E-state index contributed by atoms with van der Waals surface area (Å²) in [4.78, 5) is 26.9. The number of aromatic nitrogens is 4. The van der Waals surface area contributed by atoms with Crippen molar-refractivity contribution in [1.29, 1.82) is 0 Å². The van der Waals surface area contributed by atoms with E-state index in [1.165, 1.54) is 12.4 Å². The molecule has 4 aromatic rings. The zero-order valence-electron chi connectivity index (χ0n) is 21.1. The summed E-state index contributed by atoms with van der Waals surface area (Å²) in [6.07, 6.45) is 6.68. The molecule has 1 aliphatic heterocycles. The summed E-state index contributed by atoms with van der Waals surface area (Å²) in [6, 6.07) is 13.5. The fraction of sp³-hybridized carbons (Fsp3) is 0.300. The van der Waals surface area contributed by atoms with E-state index in [-0.39, 0.29) is 36.5 Å². The largest absolute Gasteiger partial charge is 0.457 e. The van der Waals surface area contributed by atoms with Crippen molar-refractivity contribution in [1.82, 2.24) is 24.6 Å². The molecular formula is C30H30FN7O2. The molecule has 2 aliphatic rings. The average molecular weight is 540 g/mol. The van der Waals surface area contributed by atoms with Crippen molar-refractivity contribution >= 4 is 22.8 Å². The van der Waals surface area contributed by atoms with Crippen molar-refractivity contribution < 1.29 is 13.9 Å². The molecule has 1 atom stereocenters. The van der Waals surface area contributed by atoms with Crippen LogP contribution >= 0.6 is 0 Å². The number of likely N-dealkylation sites (tertiary alicyclic amines) is 1. The molecule has 1 amide bonds. The van der Waals surface area contributed by atoms with Crippen LogP contribution in [-0.4, -0.2) is 43.6 Å². The van der Waals surface area contributed by atoms with Crippen LogP contribution < -0.4 is 10.5 Å². The van der Waals surface area contributed by atoms with Gasteiger partial charge in [-0.25, -0.2) is 23.9 Å². The van der Waals surface area contributed by atoms with E-state index in [0.29, 0.717) is 47.2 Å². The van der Waals surface area contributed by atoms with Crippen molar-refractivity contribution in [3.63, 3.8) is 0 Å². The second-order valence-electron chi connectivity index (χ2n) is 9.86. The normalized spacial score (nSPS) is 17.2. The number of piperidine rings is 1. The number of fused-ring (bicyclic) bond motifs is 1. The predicted molar refractivity (Wildman–Crippen MR) is 151 cm³/mol. The van der Waals surface area contributed by atoms with Gasteiger partial charge in [0, 0.05) is 24.7 Å². The number of carbonyl (C=O) groups is 1. The van der Waals surface area contributed by atoms with E-state index < -0.39 is 5.82 Å². The molecule has 0 radical (unpaired) electrons. The molecule has 3 heterocycles. The molecule has 6 rings (SSSR count). The molecule has 0 bridgehead atoms. The third kappa shape index (κ3) is 5.23. The first-order valence-corrected chi connectivity index (χ1v) is 12.9. The van der Waals surface area contributed by atoms with Gasteiger partial charge in [-0.05, 0) is 55.9 Å². The average Bonchev–Trinajstić information content (AvgIpc) is 3.70. The molecule has 0 unspecified atom stereocenters. The molecule has 0 spiro atoms. The highest BCUT2D eigenvalue weighted by atomic mass is 19.1. The Balaban J connectivity index is 0.00000323. The molecular weight excluding hydrogens is 509 g/mol. The van der Waals surface area contributed by atoms with Crippen molar-refractivity contribution in [2.75, 3.05) is 18.8 Å². The van der Waals surface area contributed by atoms with Gasteiger partial charge in [-0.2, -0.15) is 5.10 Å². The summed E-state index contributed by atoms with van der Waals surface area (Å²) < 4.78 is 23.0. The van der Waals surface area contributed by atoms with Gasteiger partial charge in [0.15, 0.2) is 5.65 Å². The number of carbonyl (C=O) groups excluding carboxylic acids is 1. The summed E-state index contributed by atoms with van der Waals surface area (Å²) in [5.74, 6) is 0.693. The third-order valence-corrected chi connectivity index (χ3v) is 7.08. The van der Waals surface area contributed by atoms with E-state index in [1.807, 2.05) is 18.2 Å². The standard InChI is InChI=1S/C29H26FN7O2.CH4/c1-32-24(14-18-9-10-18)29(38)36-13-5-6-19(16-36)37-28-25(27(31)33-17-34-28)26(35-37)22-12-11-21(15-23(22)30)39-20-7-3-2-4-8-20;/h2-4,7-8,11-12,14-15,17-19H,5-6,9-10,13,16H2,(H2,31,33,34);1H4/t19-;/m1./s1. The Morgan fingerprint density at radius 3 is 2.65 bits per heavy atom. The van der Waals surface area contributed by atoms with Crippen LogP contribution in [0.3, 0.4) is 0 Å². The summed E-state index contributed by atoms with van der Waals surface area (Å²) in [5, 5.41) is 5.23. The van der Waals surface area contributed by atoms with Crippen LogP contribution in [0, 0.1) is 18.3 Å². The second-order valence-corrected chi connectivity index (χ2v) is 9.86. The van der Waals surface area contributed by atoms with Gasteiger partial charge in [0.05, 0.1) is 18.0 Å². The first-order chi connectivity index (χ1) is 19.0. The van der Waals surface area contributed by atoms with Crippen molar-refractivity contribution in [3.8, 4) is 22.8 Å². The van der Waals surface area contributed by atoms with Gasteiger partial charge >= 0.3 is 0 Å². The Labute approximate surface area is 231 Å². The van der Waals surface area contributed by atoms with Gasteiger partial charge in [0.1, 0.15) is 35.2 Å². The zero-order valence-corrected chi connectivity index (χ0v) is 21.1. The van der Waals surface area contributed by atoms with E-state index >= 15 is 4.39 Å². The van der Waals surface area contributed by atoms with Crippen LogP contribution in [0.4, 0.5) is 10.2 Å². The van der Waals surface area contributed by atoms with E-state index in [1.54, 1.807) is 39.9 Å². The lowest BCUT2D eigenvalue weighted by molar-refractivity contribution is -0.128. The number of rotatable bonds is 6. The Bertz CT molecular complexity index is 1620.